The predicted octanol–water partition coefficient (Wildman–Crippen LogP) is 1.65. The van der Waals surface area contributed by atoms with E-state index in [9.17, 15) is 4.79 Å². The molecule has 1 aliphatic carbocycles. The van der Waals surface area contributed by atoms with E-state index in [4.69, 9.17) is 5.73 Å². The van der Waals surface area contributed by atoms with Crippen molar-refractivity contribution in [1.29, 1.82) is 0 Å². The molecule has 4 N–H and O–H groups in total. The highest BCUT2D eigenvalue weighted by molar-refractivity contribution is 5.76. The van der Waals surface area contributed by atoms with Gasteiger partial charge in [-0.1, -0.05) is 13.8 Å². The number of amides is 1. The molecular formula is C14H23N5O. The molecule has 1 aliphatic rings. The van der Waals surface area contributed by atoms with Gasteiger partial charge in [0.05, 0.1) is 0 Å². The Bertz CT molecular complexity index is 471. The lowest BCUT2D eigenvalue weighted by Crippen LogP contribution is -2.25. The Hall–Kier alpha value is -1.85. The standard InChI is InChI=1S/C14H23N5O/c1-9(2)12-13(15)17-8-18-14(12)16-7-3-4-11(20)19-10-5-6-10/h8-10H,3-7H2,1-2H3,(H,19,20)(H3,15,16,17,18). The fourth-order valence-electron chi connectivity index (χ4n) is 2.10. The second kappa shape index (κ2) is 6.54. The van der Waals surface area contributed by atoms with Gasteiger partial charge in [-0.3, -0.25) is 4.79 Å². The summed E-state index contributed by atoms with van der Waals surface area (Å²) in [6.07, 6.45) is 5.04. The molecule has 0 unspecified atom stereocenters. The lowest BCUT2D eigenvalue weighted by Gasteiger charge is -2.14. The zero-order chi connectivity index (χ0) is 14.5. The maximum Gasteiger partial charge on any atom is 0.220 e. The number of nitrogen functional groups attached to an aromatic ring is 1. The van der Waals surface area contributed by atoms with Gasteiger partial charge in [0.25, 0.3) is 0 Å². The third-order valence-electron chi connectivity index (χ3n) is 3.31. The first-order chi connectivity index (χ1) is 9.58. The molecule has 2 rings (SSSR count). The van der Waals surface area contributed by atoms with Crippen LogP contribution >= 0.6 is 0 Å². The van der Waals surface area contributed by atoms with Crippen LogP contribution in [0, 0.1) is 0 Å². The molecule has 0 saturated heterocycles. The molecular weight excluding hydrogens is 254 g/mol. The normalized spacial score (nSPS) is 14.3. The van der Waals surface area contributed by atoms with Gasteiger partial charge in [0.15, 0.2) is 0 Å². The second-order valence-corrected chi connectivity index (χ2v) is 5.55. The molecule has 1 amide bonds. The minimum atomic E-state index is 0.139. The van der Waals surface area contributed by atoms with Crippen molar-refractivity contribution in [2.24, 2.45) is 0 Å². The van der Waals surface area contributed by atoms with Crippen molar-refractivity contribution < 1.29 is 4.79 Å². The first-order valence-electron chi connectivity index (χ1n) is 7.21. The highest BCUT2D eigenvalue weighted by atomic mass is 16.1. The van der Waals surface area contributed by atoms with Crippen LogP contribution in [0.5, 0.6) is 0 Å². The summed E-state index contributed by atoms with van der Waals surface area (Å²) in [6, 6.07) is 0.435. The van der Waals surface area contributed by atoms with E-state index in [-0.39, 0.29) is 11.8 Å². The summed E-state index contributed by atoms with van der Waals surface area (Å²) in [5, 5.41) is 6.23. The van der Waals surface area contributed by atoms with Gasteiger partial charge in [0, 0.05) is 24.6 Å². The van der Waals surface area contributed by atoms with Crippen molar-refractivity contribution in [3.8, 4) is 0 Å². The summed E-state index contributed by atoms with van der Waals surface area (Å²) in [5.74, 6) is 1.69. The minimum Gasteiger partial charge on any atom is -0.383 e. The summed E-state index contributed by atoms with van der Waals surface area (Å²) < 4.78 is 0. The minimum absolute atomic E-state index is 0.139. The maximum atomic E-state index is 11.5. The van der Waals surface area contributed by atoms with Crippen LogP contribution in [0.15, 0.2) is 6.33 Å². The van der Waals surface area contributed by atoms with Gasteiger partial charge in [-0.25, -0.2) is 9.97 Å². The van der Waals surface area contributed by atoms with Crippen molar-refractivity contribution in [3.05, 3.63) is 11.9 Å². The van der Waals surface area contributed by atoms with Gasteiger partial charge in [-0.05, 0) is 25.2 Å². The van der Waals surface area contributed by atoms with Crippen molar-refractivity contribution >= 4 is 17.5 Å². The van der Waals surface area contributed by atoms with E-state index < -0.39 is 0 Å². The van der Waals surface area contributed by atoms with Crippen molar-refractivity contribution in [2.75, 3.05) is 17.6 Å². The van der Waals surface area contributed by atoms with Gasteiger partial charge < -0.3 is 16.4 Å². The quantitative estimate of drug-likeness (QED) is 0.659. The summed E-state index contributed by atoms with van der Waals surface area (Å²) in [5.41, 5.74) is 6.82. The van der Waals surface area contributed by atoms with Crippen molar-refractivity contribution in [3.63, 3.8) is 0 Å². The molecule has 0 aliphatic heterocycles. The number of carbonyl (C=O) groups excluding carboxylic acids is 1. The molecule has 6 heteroatoms. The lowest BCUT2D eigenvalue weighted by molar-refractivity contribution is -0.121. The smallest absolute Gasteiger partial charge is 0.220 e. The predicted molar refractivity (Wildman–Crippen MR) is 79.4 cm³/mol. The molecule has 1 fully saturated rings. The molecule has 0 spiro atoms. The van der Waals surface area contributed by atoms with Crippen LogP contribution < -0.4 is 16.4 Å². The highest BCUT2D eigenvalue weighted by Gasteiger charge is 2.22. The largest absolute Gasteiger partial charge is 0.383 e. The van der Waals surface area contributed by atoms with Crippen LogP contribution in [0.1, 0.15) is 51.0 Å². The number of nitrogens with two attached hydrogens (primary N) is 1. The average molecular weight is 277 g/mol. The van der Waals surface area contributed by atoms with Crippen molar-refractivity contribution in [1.82, 2.24) is 15.3 Å². The van der Waals surface area contributed by atoms with Gasteiger partial charge in [0.1, 0.15) is 18.0 Å². The molecule has 0 bridgehead atoms. The average Bonchev–Trinajstić information content (AvgIpc) is 3.18. The van der Waals surface area contributed by atoms with Gasteiger partial charge in [0.2, 0.25) is 5.91 Å². The first-order valence-corrected chi connectivity index (χ1v) is 7.21. The Morgan fingerprint density at radius 2 is 2.20 bits per heavy atom. The Balaban J connectivity index is 1.78. The third kappa shape index (κ3) is 4.08. The molecule has 1 aromatic rings. The summed E-state index contributed by atoms with van der Waals surface area (Å²) in [7, 11) is 0. The summed E-state index contributed by atoms with van der Waals surface area (Å²) >= 11 is 0. The second-order valence-electron chi connectivity index (χ2n) is 5.55. The van der Waals surface area contributed by atoms with Gasteiger partial charge in [-0.15, -0.1) is 0 Å². The molecule has 1 saturated carbocycles. The number of aromatic nitrogens is 2. The van der Waals surface area contributed by atoms with Crippen LogP contribution in [0.3, 0.4) is 0 Å². The molecule has 1 heterocycles. The van der Waals surface area contributed by atoms with Crippen LogP contribution in [-0.4, -0.2) is 28.5 Å². The van der Waals surface area contributed by atoms with Crippen LogP contribution in [-0.2, 0) is 4.79 Å². The number of hydrogen-bond acceptors (Lipinski definition) is 5. The Morgan fingerprint density at radius 3 is 2.85 bits per heavy atom. The van der Waals surface area contributed by atoms with E-state index in [0.29, 0.717) is 24.8 Å². The Morgan fingerprint density at radius 1 is 1.45 bits per heavy atom. The highest BCUT2D eigenvalue weighted by Crippen LogP contribution is 2.26. The van der Waals surface area contributed by atoms with E-state index in [0.717, 1.165) is 30.6 Å². The fourth-order valence-corrected chi connectivity index (χ4v) is 2.10. The molecule has 20 heavy (non-hydrogen) atoms. The Kier molecular flexibility index (Phi) is 4.76. The van der Waals surface area contributed by atoms with E-state index in [2.05, 4.69) is 34.4 Å². The molecule has 110 valence electrons. The van der Waals surface area contributed by atoms with Gasteiger partial charge >= 0.3 is 0 Å². The molecule has 1 aromatic heterocycles. The fraction of sp³-hybridized carbons (Fsp3) is 0.643. The number of nitrogens with one attached hydrogen (secondary N) is 2. The van der Waals surface area contributed by atoms with Crippen LogP contribution in [0.4, 0.5) is 11.6 Å². The number of anilines is 2. The van der Waals surface area contributed by atoms with Crippen LogP contribution in [0.25, 0.3) is 0 Å². The first kappa shape index (κ1) is 14.6. The van der Waals surface area contributed by atoms with Crippen molar-refractivity contribution in [2.45, 2.75) is 51.5 Å². The third-order valence-corrected chi connectivity index (χ3v) is 3.31. The molecule has 0 aromatic carbocycles. The SMILES string of the molecule is CC(C)c1c(N)ncnc1NCCCC(=O)NC1CC1. The van der Waals surface area contributed by atoms with E-state index in [1.54, 1.807) is 0 Å². The Labute approximate surface area is 119 Å². The summed E-state index contributed by atoms with van der Waals surface area (Å²) in [6.45, 7) is 4.82. The maximum absolute atomic E-state index is 11.5. The van der Waals surface area contributed by atoms with E-state index >= 15 is 0 Å². The molecule has 0 radical (unpaired) electrons. The lowest BCUT2D eigenvalue weighted by atomic mass is 10.0. The number of hydrogen-bond donors (Lipinski definition) is 3. The topological polar surface area (TPSA) is 92.9 Å². The van der Waals surface area contributed by atoms with Crippen LogP contribution in [0.2, 0.25) is 0 Å². The monoisotopic (exact) mass is 277 g/mol. The van der Waals surface area contributed by atoms with E-state index in [1.807, 2.05) is 0 Å². The number of carbonyl (C=O) groups is 1. The zero-order valence-electron chi connectivity index (χ0n) is 12.1. The van der Waals surface area contributed by atoms with E-state index in [1.165, 1.54) is 6.33 Å². The molecule has 0 atom stereocenters. The number of rotatable bonds is 7. The summed E-state index contributed by atoms with van der Waals surface area (Å²) in [4.78, 5) is 19.8. The van der Waals surface area contributed by atoms with Gasteiger partial charge in [-0.2, -0.15) is 0 Å². The molecule has 6 nitrogen and oxygen atoms in total. The zero-order valence-corrected chi connectivity index (χ0v) is 12.1. The number of nitrogens with zero attached hydrogens (tertiary/aromatic N) is 2.